The first-order valence-electron chi connectivity index (χ1n) is 9.12. The molecular weight excluding hydrogens is 392 g/mol. The van der Waals surface area contributed by atoms with Gasteiger partial charge >= 0.3 is 11.9 Å². The van der Waals surface area contributed by atoms with Crippen LogP contribution in [0.25, 0.3) is 20.2 Å². The van der Waals surface area contributed by atoms with Crippen LogP contribution in [0.4, 0.5) is 0 Å². The maximum Gasteiger partial charge on any atom is 0.344 e. The fourth-order valence-electron chi connectivity index (χ4n) is 2.66. The molecule has 0 aliphatic rings. The second kappa shape index (κ2) is 9.84. The molecule has 0 amide bonds. The highest BCUT2D eigenvalue weighted by Gasteiger charge is 2.09. The lowest BCUT2D eigenvalue weighted by Gasteiger charge is -2.08. The van der Waals surface area contributed by atoms with E-state index in [1.54, 1.807) is 31.2 Å². The number of hydrogen-bond acceptors (Lipinski definition) is 7. The summed E-state index contributed by atoms with van der Waals surface area (Å²) in [7, 11) is 0. The number of carbonyl (C=O) groups is 2. The summed E-state index contributed by atoms with van der Waals surface area (Å²) in [6.07, 6.45) is 3.31. The number of allylic oxidation sites excluding steroid dienone is 1. The van der Waals surface area contributed by atoms with Crippen molar-refractivity contribution in [2.45, 2.75) is 13.3 Å². The molecule has 150 valence electrons. The summed E-state index contributed by atoms with van der Waals surface area (Å²) in [4.78, 5) is 35.6. The summed E-state index contributed by atoms with van der Waals surface area (Å²) in [5, 5.41) is 1.22. The van der Waals surface area contributed by atoms with Crippen molar-refractivity contribution in [3.05, 3.63) is 64.8 Å². The van der Waals surface area contributed by atoms with Crippen LogP contribution in [0, 0.1) is 0 Å². The quantitative estimate of drug-likeness (QED) is 0.242. The maximum absolute atomic E-state index is 12.7. The van der Waals surface area contributed by atoms with Gasteiger partial charge < -0.3 is 14.2 Å². The van der Waals surface area contributed by atoms with Gasteiger partial charge in [0.15, 0.2) is 12.0 Å². The molecule has 1 aromatic heterocycles. The SMILES string of the molecule is CC=CC(=O)OCCCOC(=O)COc1ccc2sc3ccccc3c(=O)c2c1. The first-order chi connectivity index (χ1) is 14.1. The summed E-state index contributed by atoms with van der Waals surface area (Å²) < 4.78 is 17.2. The average Bonchev–Trinajstić information content (AvgIpc) is 2.72. The molecular formula is C22H20O6S. The minimum Gasteiger partial charge on any atom is -0.482 e. The molecule has 29 heavy (non-hydrogen) atoms. The lowest BCUT2D eigenvalue weighted by Crippen LogP contribution is -2.16. The zero-order chi connectivity index (χ0) is 20.6. The summed E-state index contributed by atoms with van der Waals surface area (Å²) in [6, 6.07) is 12.6. The van der Waals surface area contributed by atoms with Gasteiger partial charge in [0, 0.05) is 32.7 Å². The van der Waals surface area contributed by atoms with Gasteiger partial charge in [-0.15, -0.1) is 11.3 Å². The molecule has 0 saturated carbocycles. The zero-order valence-corrected chi connectivity index (χ0v) is 16.7. The Hall–Kier alpha value is -3.19. The summed E-state index contributed by atoms with van der Waals surface area (Å²) >= 11 is 1.53. The van der Waals surface area contributed by atoms with Gasteiger partial charge in [-0.05, 0) is 37.3 Å². The van der Waals surface area contributed by atoms with Gasteiger partial charge in [-0.3, -0.25) is 4.79 Å². The Balaban J connectivity index is 1.53. The third-order valence-corrected chi connectivity index (χ3v) is 5.15. The molecule has 0 atom stereocenters. The second-order valence-electron chi connectivity index (χ2n) is 6.12. The van der Waals surface area contributed by atoms with E-state index in [1.807, 2.05) is 24.3 Å². The van der Waals surface area contributed by atoms with Crippen LogP contribution in [0.3, 0.4) is 0 Å². The zero-order valence-electron chi connectivity index (χ0n) is 15.9. The molecule has 0 unspecified atom stereocenters. The molecule has 6 nitrogen and oxygen atoms in total. The number of hydrogen-bond donors (Lipinski definition) is 0. The van der Waals surface area contributed by atoms with Gasteiger partial charge in [0.05, 0.1) is 13.2 Å². The second-order valence-corrected chi connectivity index (χ2v) is 7.20. The third-order valence-electron chi connectivity index (χ3n) is 4.00. The Labute approximate surface area is 171 Å². The molecule has 0 aliphatic heterocycles. The fourth-order valence-corrected chi connectivity index (χ4v) is 3.71. The molecule has 0 radical (unpaired) electrons. The standard InChI is InChI=1S/C22H20O6S/c1-2-6-20(23)26-11-5-12-27-21(24)14-28-15-9-10-19-17(13-15)22(25)16-7-3-4-8-18(16)29-19/h2-4,6-10,13H,5,11-12,14H2,1H3. The van der Waals surface area contributed by atoms with Crippen molar-refractivity contribution >= 4 is 43.4 Å². The normalized spacial score (nSPS) is 11.1. The maximum atomic E-state index is 12.7. The smallest absolute Gasteiger partial charge is 0.344 e. The predicted molar refractivity (Wildman–Crippen MR) is 112 cm³/mol. The van der Waals surface area contributed by atoms with Crippen LogP contribution in [-0.2, 0) is 19.1 Å². The highest BCUT2D eigenvalue weighted by Crippen LogP contribution is 2.27. The minimum absolute atomic E-state index is 0.0603. The predicted octanol–water partition coefficient (Wildman–Crippen LogP) is 3.85. The van der Waals surface area contributed by atoms with Gasteiger partial charge in [0.1, 0.15) is 5.75 Å². The van der Waals surface area contributed by atoms with Crippen molar-refractivity contribution in [3.63, 3.8) is 0 Å². The van der Waals surface area contributed by atoms with Crippen LogP contribution in [0.1, 0.15) is 13.3 Å². The number of ether oxygens (including phenoxy) is 3. The van der Waals surface area contributed by atoms with Crippen LogP contribution in [0.5, 0.6) is 5.75 Å². The van der Waals surface area contributed by atoms with E-state index in [2.05, 4.69) is 0 Å². The Morgan fingerprint density at radius 1 is 1.00 bits per heavy atom. The van der Waals surface area contributed by atoms with Crippen LogP contribution < -0.4 is 10.2 Å². The van der Waals surface area contributed by atoms with Crippen molar-refractivity contribution in [1.82, 2.24) is 0 Å². The van der Waals surface area contributed by atoms with E-state index < -0.39 is 11.9 Å². The number of rotatable bonds is 8. The van der Waals surface area contributed by atoms with Gasteiger partial charge in [-0.1, -0.05) is 18.2 Å². The van der Waals surface area contributed by atoms with Gasteiger partial charge in [0.2, 0.25) is 0 Å². The van der Waals surface area contributed by atoms with E-state index >= 15 is 0 Å². The van der Waals surface area contributed by atoms with E-state index in [-0.39, 0.29) is 25.2 Å². The fraction of sp³-hybridized carbons (Fsp3) is 0.227. The molecule has 0 saturated heterocycles. The third kappa shape index (κ3) is 5.42. The number of esters is 2. The van der Waals surface area contributed by atoms with Crippen LogP contribution >= 0.6 is 11.3 Å². The first kappa shape index (κ1) is 20.5. The highest BCUT2D eigenvalue weighted by molar-refractivity contribution is 7.24. The van der Waals surface area contributed by atoms with Gasteiger partial charge in [-0.2, -0.15) is 0 Å². The Bertz CT molecular complexity index is 1120. The Morgan fingerprint density at radius 3 is 2.59 bits per heavy atom. The molecule has 2 aromatic carbocycles. The van der Waals surface area contributed by atoms with Gasteiger partial charge in [-0.25, -0.2) is 9.59 Å². The lowest BCUT2D eigenvalue weighted by atomic mass is 10.2. The molecule has 0 N–H and O–H groups in total. The number of benzene rings is 2. The van der Waals surface area contributed by atoms with E-state index in [0.29, 0.717) is 22.9 Å². The molecule has 3 rings (SSSR count). The molecule has 0 bridgehead atoms. The van der Waals surface area contributed by atoms with E-state index in [0.717, 1.165) is 9.40 Å². The Morgan fingerprint density at radius 2 is 1.76 bits per heavy atom. The van der Waals surface area contributed by atoms with E-state index in [4.69, 9.17) is 14.2 Å². The summed E-state index contributed by atoms with van der Waals surface area (Å²) in [5.74, 6) is -0.534. The van der Waals surface area contributed by atoms with Crippen molar-refractivity contribution < 1.29 is 23.8 Å². The highest BCUT2D eigenvalue weighted by atomic mass is 32.1. The largest absolute Gasteiger partial charge is 0.482 e. The first-order valence-corrected chi connectivity index (χ1v) is 9.93. The van der Waals surface area contributed by atoms with Crippen LogP contribution in [0.15, 0.2) is 59.4 Å². The molecule has 0 aliphatic carbocycles. The minimum atomic E-state index is -0.534. The molecule has 3 aromatic rings. The molecule has 0 spiro atoms. The monoisotopic (exact) mass is 412 g/mol. The molecule has 0 fully saturated rings. The van der Waals surface area contributed by atoms with E-state index in [9.17, 15) is 14.4 Å². The lowest BCUT2D eigenvalue weighted by molar-refractivity contribution is -0.146. The molecule has 1 heterocycles. The average molecular weight is 412 g/mol. The molecule has 7 heteroatoms. The van der Waals surface area contributed by atoms with Gasteiger partial charge in [0.25, 0.3) is 0 Å². The van der Waals surface area contributed by atoms with Crippen LogP contribution in [-0.4, -0.2) is 31.8 Å². The van der Waals surface area contributed by atoms with Crippen molar-refractivity contribution in [1.29, 1.82) is 0 Å². The number of carbonyl (C=O) groups excluding carboxylic acids is 2. The summed E-state index contributed by atoms with van der Waals surface area (Å²) in [6.45, 7) is 1.75. The van der Waals surface area contributed by atoms with Crippen molar-refractivity contribution in [2.75, 3.05) is 19.8 Å². The van der Waals surface area contributed by atoms with Crippen LogP contribution in [0.2, 0.25) is 0 Å². The number of fused-ring (bicyclic) bond motifs is 2. The topological polar surface area (TPSA) is 78.9 Å². The summed E-state index contributed by atoms with van der Waals surface area (Å²) in [5.41, 5.74) is -0.0603. The Kier molecular flexibility index (Phi) is 6.97. The van der Waals surface area contributed by atoms with E-state index in [1.165, 1.54) is 17.4 Å². The van der Waals surface area contributed by atoms with Crippen molar-refractivity contribution in [2.24, 2.45) is 0 Å². The van der Waals surface area contributed by atoms with Crippen molar-refractivity contribution in [3.8, 4) is 5.75 Å².